The molecule has 0 fully saturated rings. The second-order valence-electron chi connectivity index (χ2n) is 6.74. The molecule has 0 N–H and O–H groups in total. The van der Waals surface area contributed by atoms with Gasteiger partial charge in [0.2, 0.25) is 0 Å². The molecule has 29 heavy (non-hydrogen) atoms. The highest BCUT2D eigenvalue weighted by Gasteiger charge is 2.45. The highest BCUT2D eigenvalue weighted by molar-refractivity contribution is 6.09. The lowest BCUT2D eigenvalue weighted by Crippen LogP contribution is -2.54. The number of pyridine rings is 1. The third-order valence-electron chi connectivity index (χ3n) is 4.40. The molecular weight excluding hydrogens is 382 g/mol. The fourth-order valence-electron chi connectivity index (χ4n) is 2.94. The first-order valence-electron chi connectivity index (χ1n) is 8.59. The van der Waals surface area contributed by atoms with Crippen molar-refractivity contribution in [2.45, 2.75) is 19.4 Å². The number of nitro groups is 1. The number of fused-ring (bicyclic) bond motifs is 1. The normalized spacial score (nSPS) is 14.6. The summed E-state index contributed by atoms with van der Waals surface area (Å²) in [5, 5.41) is 11.1. The summed E-state index contributed by atoms with van der Waals surface area (Å²) in [4.78, 5) is 41.3. The van der Waals surface area contributed by atoms with Crippen molar-refractivity contribution in [3.8, 4) is 17.2 Å². The Bertz CT molecular complexity index is 1000. The van der Waals surface area contributed by atoms with E-state index in [-0.39, 0.29) is 22.9 Å². The van der Waals surface area contributed by atoms with E-state index in [2.05, 4.69) is 4.98 Å². The Kier molecular flexibility index (Phi) is 5.10. The number of hydrogen-bond acceptors (Lipinski definition) is 8. The van der Waals surface area contributed by atoms with E-state index in [1.54, 1.807) is 26.0 Å². The van der Waals surface area contributed by atoms with E-state index < -0.39 is 34.6 Å². The molecule has 0 aliphatic carbocycles. The molecule has 10 nitrogen and oxygen atoms in total. The average Bonchev–Trinajstić information content (AvgIpc) is 2.70. The molecule has 0 unspecified atom stereocenters. The average molecular weight is 401 g/mol. The van der Waals surface area contributed by atoms with E-state index in [9.17, 15) is 19.7 Å². The van der Waals surface area contributed by atoms with Gasteiger partial charge in [0.15, 0.2) is 17.1 Å². The van der Waals surface area contributed by atoms with Crippen LogP contribution in [-0.2, 0) is 4.79 Å². The van der Waals surface area contributed by atoms with Crippen LogP contribution in [0.5, 0.6) is 17.2 Å². The summed E-state index contributed by atoms with van der Waals surface area (Å²) >= 11 is 0. The Hall–Kier alpha value is -3.69. The number of ketones is 1. The lowest BCUT2D eigenvalue weighted by Gasteiger charge is -2.35. The Morgan fingerprint density at radius 3 is 2.59 bits per heavy atom. The molecule has 1 aliphatic rings. The zero-order chi connectivity index (χ0) is 21.3. The number of anilines is 1. The van der Waals surface area contributed by atoms with Crippen LogP contribution < -0.4 is 19.1 Å². The summed E-state index contributed by atoms with van der Waals surface area (Å²) in [5.41, 5.74) is -1.04. The third-order valence-corrected chi connectivity index (χ3v) is 4.40. The number of rotatable bonds is 6. The van der Waals surface area contributed by atoms with Crippen molar-refractivity contribution >= 4 is 23.3 Å². The van der Waals surface area contributed by atoms with Crippen LogP contribution in [0, 0.1) is 10.1 Å². The molecule has 2 aromatic rings. The minimum absolute atomic E-state index is 0.0793. The molecule has 0 atom stereocenters. The summed E-state index contributed by atoms with van der Waals surface area (Å²) in [5.74, 6) is -0.557. The predicted molar refractivity (Wildman–Crippen MR) is 102 cm³/mol. The molecule has 0 saturated heterocycles. The van der Waals surface area contributed by atoms with Gasteiger partial charge in [0.25, 0.3) is 11.7 Å². The molecule has 1 aromatic carbocycles. The van der Waals surface area contributed by atoms with Crippen LogP contribution in [0.1, 0.15) is 24.2 Å². The monoisotopic (exact) mass is 401 g/mol. The number of nitrogens with zero attached hydrogens (tertiary/aromatic N) is 3. The van der Waals surface area contributed by atoms with Crippen molar-refractivity contribution in [3.05, 3.63) is 46.0 Å². The number of aromatic nitrogens is 1. The number of methoxy groups -OCH3 is 2. The quantitative estimate of drug-likeness (QED) is 0.411. The molecule has 0 spiro atoms. The van der Waals surface area contributed by atoms with Crippen LogP contribution in [0.25, 0.3) is 0 Å². The Labute approximate surface area is 166 Å². The first-order valence-corrected chi connectivity index (χ1v) is 8.59. The van der Waals surface area contributed by atoms with Crippen LogP contribution >= 0.6 is 0 Å². The van der Waals surface area contributed by atoms with Crippen molar-refractivity contribution in [3.63, 3.8) is 0 Å². The summed E-state index contributed by atoms with van der Waals surface area (Å²) in [6.07, 6.45) is 0. The molecule has 1 aliphatic heterocycles. The van der Waals surface area contributed by atoms with Gasteiger partial charge in [-0.3, -0.25) is 14.5 Å². The van der Waals surface area contributed by atoms with E-state index in [4.69, 9.17) is 14.2 Å². The van der Waals surface area contributed by atoms with Gasteiger partial charge < -0.3 is 24.3 Å². The third kappa shape index (κ3) is 3.68. The first kappa shape index (κ1) is 20.1. The molecule has 0 saturated carbocycles. The zero-order valence-electron chi connectivity index (χ0n) is 16.3. The second kappa shape index (κ2) is 7.38. The maximum atomic E-state index is 13.0. The smallest absolute Gasteiger partial charge is 0.366 e. The van der Waals surface area contributed by atoms with Crippen LogP contribution in [0.15, 0.2) is 30.3 Å². The Morgan fingerprint density at radius 1 is 1.24 bits per heavy atom. The van der Waals surface area contributed by atoms with E-state index in [0.717, 1.165) is 4.90 Å². The van der Waals surface area contributed by atoms with Crippen molar-refractivity contribution in [1.29, 1.82) is 0 Å². The first-order chi connectivity index (χ1) is 13.7. The molecule has 3 rings (SSSR count). The fraction of sp³-hybridized carbons (Fsp3) is 0.316. The molecule has 152 valence electrons. The van der Waals surface area contributed by atoms with E-state index in [0.29, 0.717) is 5.75 Å². The number of amides is 1. The van der Waals surface area contributed by atoms with E-state index in [1.807, 2.05) is 0 Å². The molecule has 1 amide bonds. The standard InChI is InChI=1S/C19H19N3O7/c1-19(2)18(24)21(17-14(29-19)7-8-16(20-17)22(25)26)10-13(23)12-6-5-11(27-3)9-15(12)28-4/h5-9H,10H2,1-4H3. The van der Waals surface area contributed by atoms with Gasteiger partial charge in [-0.15, -0.1) is 0 Å². The highest BCUT2D eigenvalue weighted by atomic mass is 16.6. The van der Waals surface area contributed by atoms with E-state index in [1.165, 1.54) is 32.4 Å². The number of carbonyl (C=O) groups is 2. The molecule has 0 radical (unpaired) electrons. The van der Waals surface area contributed by atoms with Gasteiger partial charge in [0, 0.05) is 12.1 Å². The van der Waals surface area contributed by atoms with Gasteiger partial charge in [-0.25, -0.2) is 0 Å². The molecular formula is C19H19N3O7. The van der Waals surface area contributed by atoms with Crippen LogP contribution in [0.2, 0.25) is 0 Å². The fourth-order valence-corrected chi connectivity index (χ4v) is 2.94. The second-order valence-corrected chi connectivity index (χ2v) is 6.74. The summed E-state index contributed by atoms with van der Waals surface area (Å²) in [7, 11) is 2.90. The predicted octanol–water partition coefficient (Wildman–Crippen LogP) is 2.39. The van der Waals surface area contributed by atoms with Crippen LogP contribution in [-0.4, -0.2) is 48.0 Å². The number of ether oxygens (including phenoxy) is 3. The van der Waals surface area contributed by atoms with Gasteiger partial charge in [0.1, 0.15) is 11.5 Å². The van der Waals surface area contributed by atoms with Gasteiger partial charge in [-0.2, -0.15) is 0 Å². The Morgan fingerprint density at radius 2 is 1.97 bits per heavy atom. The molecule has 0 bridgehead atoms. The number of hydrogen-bond donors (Lipinski definition) is 0. The SMILES string of the molecule is COc1ccc(C(=O)CN2C(=O)C(C)(C)Oc3ccc([N+](=O)[O-])nc32)c(OC)c1. The van der Waals surface area contributed by atoms with Crippen molar-refractivity contribution in [1.82, 2.24) is 4.98 Å². The zero-order valence-corrected chi connectivity index (χ0v) is 16.3. The maximum Gasteiger partial charge on any atom is 0.366 e. The molecule has 10 heteroatoms. The van der Waals surface area contributed by atoms with Gasteiger partial charge in [-0.05, 0) is 42.0 Å². The van der Waals surface area contributed by atoms with Crippen molar-refractivity contribution < 1.29 is 28.7 Å². The lowest BCUT2D eigenvalue weighted by molar-refractivity contribution is -0.389. The topological polar surface area (TPSA) is 121 Å². The lowest BCUT2D eigenvalue weighted by atomic mass is 10.0. The minimum atomic E-state index is -1.27. The number of Topliss-reactive ketones (excluding diaryl/α,β-unsaturated/α-hetero) is 1. The summed E-state index contributed by atoms with van der Waals surface area (Å²) in [6, 6.07) is 7.21. The van der Waals surface area contributed by atoms with Crippen molar-refractivity contribution in [2.24, 2.45) is 0 Å². The van der Waals surface area contributed by atoms with Gasteiger partial charge in [-0.1, -0.05) is 0 Å². The van der Waals surface area contributed by atoms with Crippen molar-refractivity contribution in [2.75, 3.05) is 25.7 Å². The minimum Gasteiger partial charge on any atom is -0.497 e. The molecule has 2 heterocycles. The maximum absolute atomic E-state index is 13.0. The molecule has 1 aromatic heterocycles. The summed E-state index contributed by atoms with van der Waals surface area (Å²) in [6.45, 7) is 2.70. The van der Waals surface area contributed by atoms with Gasteiger partial charge in [0.05, 0.1) is 26.3 Å². The van der Waals surface area contributed by atoms with Gasteiger partial charge >= 0.3 is 5.82 Å². The highest BCUT2D eigenvalue weighted by Crippen LogP contribution is 2.38. The largest absolute Gasteiger partial charge is 0.497 e. The van der Waals surface area contributed by atoms with E-state index >= 15 is 0 Å². The Balaban J connectivity index is 2.02. The van der Waals surface area contributed by atoms with Crippen LogP contribution in [0.4, 0.5) is 11.6 Å². The number of carbonyl (C=O) groups excluding carboxylic acids is 2. The summed E-state index contributed by atoms with van der Waals surface area (Å²) < 4.78 is 16.0. The number of benzene rings is 1. The van der Waals surface area contributed by atoms with Crippen LogP contribution in [0.3, 0.4) is 0 Å².